The fraction of sp³-hybridized carbons (Fsp3) is 0.526. The summed E-state index contributed by atoms with van der Waals surface area (Å²) < 4.78 is 0. The highest BCUT2D eigenvalue weighted by molar-refractivity contribution is 7.11. The summed E-state index contributed by atoms with van der Waals surface area (Å²) in [5.74, 6) is 0.782. The van der Waals surface area contributed by atoms with Crippen LogP contribution in [0, 0.1) is 26.7 Å². The SMILES string of the molecule is Cc1ccc(C[C@@H]2CCCN(C(=O)Cc3sc(C)nc3C)C2)cn1. The standard InChI is InChI=1S/C19H25N3OS/c1-13-6-7-16(11-20-13)9-17-5-4-8-22(12-17)19(23)10-18-14(2)21-15(3)24-18/h6-7,11,17H,4-5,8-10,12H2,1-3H3/t17-/m0/s1. The molecule has 5 heteroatoms. The lowest BCUT2D eigenvalue weighted by atomic mass is 9.91. The van der Waals surface area contributed by atoms with Gasteiger partial charge in [0.2, 0.25) is 5.91 Å². The summed E-state index contributed by atoms with van der Waals surface area (Å²) in [5.41, 5.74) is 3.33. The van der Waals surface area contributed by atoms with Crippen molar-refractivity contribution in [2.45, 2.75) is 46.5 Å². The zero-order valence-corrected chi connectivity index (χ0v) is 15.5. The molecule has 0 saturated carbocycles. The second-order valence-electron chi connectivity index (χ2n) is 6.78. The Morgan fingerprint density at radius 1 is 1.33 bits per heavy atom. The van der Waals surface area contributed by atoms with Crippen molar-refractivity contribution < 1.29 is 4.79 Å². The molecule has 2 aromatic rings. The lowest BCUT2D eigenvalue weighted by molar-refractivity contribution is -0.132. The third-order valence-electron chi connectivity index (χ3n) is 4.68. The second kappa shape index (κ2) is 7.43. The highest BCUT2D eigenvalue weighted by Crippen LogP contribution is 2.23. The molecule has 1 amide bonds. The van der Waals surface area contributed by atoms with E-state index in [-0.39, 0.29) is 5.91 Å². The van der Waals surface area contributed by atoms with Gasteiger partial charge in [-0.3, -0.25) is 9.78 Å². The molecular formula is C19H25N3OS. The van der Waals surface area contributed by atoms with Gasteiger partial charge in [-0.1, -0.05) is 6.07 Å². The highest BCUT2D eigenvalue weighted by atomic mass is 32.1. The maximum absolute atomic E-state index is 12.7. The van der Waals surface area contributed by atoms with Crippen molar-refractivity contribution >= 4 is 17.2 Å². The quantitative estimate of drug-likeness (QED) is 0.854. The number of hydrogen-bond donors (Lipinski definition) is 0. The van der Waals surface area contributed by atoms with Gasteiger partial charge < -0.3 is 4.90 Å². The number of pyridine rings is 1. The van der Waals surface area contributed by atoms with Crippen molar-refractivity contribution in [2.75, 3.05) is 13.1 Å². The Morgan fingerprint density at radius 2 is 2.17 bits per heavy atom. The number of aromatic nitrogens is 2. The van der Waals surface area contributed by atoms with Crippen molar-refractivity contribution in [3.05, 3.63) is 45.2 Å². The zero-order chi connectivity index (χ0) is 17.1. The molecule has 1 aliphatic heterocycles. The van der Waals surface area contributed by atoms with Crippen LogP contribution in [-0.2, 0) is 17.6 Å². The Kier molecular flexibility index (Phi) is 5.29. The first-order valence-corrected chi connectivity index (χ1v) is 9.45. The number of aryl methyl sites for hydroxylation is 3. The maximum atomic E-state index is 12.7. The maximum Gasteiger partial charge on any atom is 0.227 e. The minimum atomic E-state index is 0.244. The predicted molar refractivity (Wildman–Crippen MR) is 97.3 cm³/mol. The summed E-state index contributed by atoms with van der Waals surface area (Å²) in [4.78, 5) is 24.6. The van der Waals surface area contributed by atoms with Crippen LogP contribution >= 0.6 is 11.3 Å². The monoisotopic (exact) mass is 343 g/mol. The molecular weight excluding hydrogens is 318 g/mol. The molecule has 3 heterocycles. The summed E-state index contributed by atoms with van der Waals surface area (Å²) in [7, 11) is 0. The van der Waals surface area contributed by atoms with Crippen LogP contribution in [0.4, 0.5) is 0 Å². The Morgan fingerprint density at radius 3 is 2.83 bits per heavy atom. The smallest absolute Gasteiger partial charge is 0.227 e. The van der Waals surface area contributed by atoms with E-state index in [0.717, 1.165) is 47.2 Å². The minimum absolute atomic E-state index is 0.244. The van der Waals surface area contributed by atoms with Gasteiger partial charge in [0.25, 0.3) is 0 Å². The minimum Gasteiger partial charge on any atom is -0.342 e. The molecule has 0 N–H and O–H groups in total. The number of carbonyl (C=O) groups excluding carboxylic acids is 1. The molecule has 128 valence electrons. The van der Waals surface area contributed by atoms with E-state index in [4.69, 9.17) is 0 Å². The average molecular weight is 343 g/mol. The number of thiazole rings is 1. The lowest BCUT2D eigenvalue weighted by Crippen LogP contribution is -2.41. The van der Waals surface area contributed by atoms with Crippen LogP contribution in [0.5, 0.6) is 0 Å². The van der Waals surface area contributed by atoms with Crippen molar-refractivity contribution in [1.29, 1.82) is 0 Å². The molecule has 0 spiro atoms. The summed E-state index contributed by atoms with van der Waals surface area (Å²) in [6.45, 7) is 7.75. The van der Waals surface area contributed by atoms with Crippen LogP contribution in [-0.4, -0.2) is 33.9 Å². The topological polar surface area (TPSA) is 46.1 Å². The van der Waals surface area contributed by atoms with E-state index in [1.54, 1.807) is 11.3 Å². The Hall–Kier alpha value is -1.75. The van der Waals surface area contributed by atoms with Gasteiger partial charge in [-0.2, -0.15) is 0 Å². The lowest BCUT2D eigenvalue weighted by Gasteiger charge is -2.33. The number of amides is 1. The summed E-state index contributed by atoms with van der Waals surface area (Å²) >= 11 is 1.64. The molecule has 0 radical (unpaired) electrons. The van der Waals surface area contributed by atoms with Gasteiger partial charge in [0.15, 0.2) is 0 Å². The Balaban J connectivity index is 1.59. The Bertz CT molecular complexity index is 708. The fourth-order valence-electron chi connectivity index (χ4n) is 3.40. The van der Waals surface area contributed by atoms with Crippen LogP contribution in [0.15, 0.2) is 18.3 Å². The van der Waals surface area contributed by atoms with E-state index in [9.17, 15) is 4.79 Å². The summed E-state index contributed by atoms with van der Waals surface area (Å²) in [5, 5.41) is 1.04. The number of nitrogens with zero attached hydrogens (tertiary/aromatic N) is 3. The van der Waals surface area contributed by atoms with Gasteiger partial charge in [-0.25, -0.2) is 4.98 Å². The largest absolute Gasteiger partial charge is 0.342 e. The molecule has 2 aromatic heterocycles. The van der Waals surface area contributed by atoms with E-state index >= 15 is 0 Å². The van der Waals surface area contributed by atoms with Crippen molar-refractivity contribution in [3.63, 3.8) is 0 Å². The first-order valence-electron chi connectivity index (χ1n) is 8.63. The summed E-state index contributed by atoms with van der Waals surface area (Å²) in [6.07, 6.45) is 5.76. The zero-order valence-electron chi connectivity index (χ0n) is 14.7. The first kappa shape index (κ1) is 17.1. The third-order valence-corrected chi connectivity index (χ3v) is 5.75. The second-order valence-corrected chi connectivity index (χ2v) is 8.07. The van der Waals surface area contributed by atoms with Crippen molar-refractivity contribution in [3.8, 4) is 0 Å². The molecule has 0 bridgehead atoms. The molecule has 24 heavy (non-hydrogen) atoms. The number of likely N-dealkylation sites (tertiary alicyclic amines) is 1. The van der Waals surface area contributed by atoms with E-state index < -0.39 is 0 Å². The molecule has 1 aliphatic rings. The van der Waals surface area contributed by atoms with Crippen LogP contribution in [0.25, 0.3) is 0 Å². The van der Waals surface area contributed by atoms with Crippen LogP contribution < -0.4 is 0 Å². The van der Waals surface area contributed by atoms with Crippen LogP contribution in [0.2, 0.25) is 0 Å². The Labute approximate surface area is 147 Å². The van der Waals surface area contributed by atoms with E-state index in [2.05, 4.69) is 22.1 Å². The van der Waals surface area contributed by atoms with E-state index in [1.165, 1.54) is 12.0 Å². The van der Waals surface area contributed by atoms with Gasteiger partial charge in [-0.15, -0.1) is 11.3 Å². The van der Waals surface area contributed by atoms with E-state index in [1.807, 2.05) is 31.9 Å². The van der Waals surface area contributed by atoms with Gasteiger partial charge in [0.05, 0.1) is 17.1 Å². The fourth-order valence-corrected chi connectivity index (χ4v) is 4.33. The molecule has 4 nitrogen and oxygen atoms in total. The molecule has 0 aromatic carbocycles. The molecule has 3 rings (SSSR count). The predicted octanol–water partition coefficient (Wildman–Crippen LogP) is 3.49. The van der Waals surface area contributed by atoms with Crippen LogP contribution in [0.3, 0.4) is 0 Å². The average Bonchev–Trinajstić information content (AvgIpc) is 2.87. The summed E-state index contributed by atoms with van der Waals surface area (Å²) in [6, 6.07) is 4.22. The number of piperidine rings is 1. The molecule has 1 atom stereocenters. The first-order chi connectivity index (χ1) is 11.5. The molecule has 1 saturated heterocycles. The number of rotatable bonds is 4. The molecule has 1 fully saturated rings. The van der Waals surface area contributed by atoms with Gasteiger partial charge in [-0.05, 0) is 57.6 Å². The van der Waals surface area contributed by atoms with E-state index in [0.29, 0.717) is 12.3 Å². The van der Waals surface area contributed by atoms with Crippen molar-refractivity contribution in [2.24, 2.45) is 5.92 Å². The van der Waals surface area contributed by atoms with Gasteiger partial charge in [0, 0.05) is 29.9 Å². The number of carbonyl (C=O) groups is 1. The molecule has 0 aliphatic carbocycles. The number of hydrogen-bond acceptors (Lipinski definition) is 4. The van der Waals surface area contributed by atoms with Crippen molar-refractivity contribution in [1.82, 2.24) is 14.9 Å². The third kappa shape index (κ3) is 4.20. The van der Waals surface area contributed by atoms with Gasteiger partial charge in [0.1, 0.15) is 0 Å². The normalized spacial score (nSPS) is 18.0. The molecule has 0 unspecified atom stereocenters. The van der Waals surface area contributed by atoms with Gasteiger partial charge >= 0.3 is 0 Å². The van der Waals surface area contributed by atoms with Crippen LogP contribution in [0.1, 0.15) is 39.7 Å². The highest BCUT2D eigenvalue weighted by Gasteiger charge is 2.24.